The van der Waals surface area contributed by atoms with Gasteiger partial charge >= 0.3 is 0 Å². The van der Waals surface area contributed by atoms with E-state index in [-0.39, 0.29) is 11.7 Å². The monoisotopic (exact) mass is 530 g/mol. The molecular weight excluding hydrogens is 489 g/mol. The molecule has 0 bridgehead atoms. The zero-order valence-electron chi connectivity index (χ0n) is 23.2. The molecule has 0 aromatic heterocycles. The molecule has 6 nitrogen and oxygen atoms in total. The van der Waals surface area contributed by atoms with E-state index in [1.807, 2.05) is 36.4 Å². The minimum atomic E-state index is -0.254. The summed E-state index contributed by atoms with van der Waals surface area (Å²) in [7, 11) is 2.28. The quantitative estimate of drug-likeness (QED) is 0.388. The smallest absolute Gasteiger partial charge is 0.251 e. The van der Waals surface area contributed by atoms with E-state index in [4.69, 9.17) is 0 Å². The summed E-state index contributed by atoms with van der Waals surface area (Å²) in [6.07, 6.45) is 0. The Bertz CT molecular complexity index is 1290. The minimum Gasteiger partial charge on any atom is -0.348 e. The van der Waals surface area contributed by atoms with Crippen molar-refractivity contribution >= 4 is 5.91 Å². The molecule has 206 valence electrons. The second-order valence-corrected chi connectivity index (χ2v) is 11.5. The van der Waals surface area contributed by atoms with Crippen LogP contribution in [0.15, 0.2) is 66.7 Å². The van der Waals surface area contributed by atoms with Gasteiger partial charge in [0.15, 0.2) is 0 Å². The van der Waals surface area contributed by atoms with Gasteiger partial charge in [-0.05, 0) is 53.9 Å². The van der Waals surface area contributed by atoms with E-state index in [1.165, 1.54) is 17.2 Å². The molecule has 3 aromatic rings. The van der Waals surface area contributed by atoms with Crippen LogP contribution in [0.25, 0.3) is 11.1 Å². The van der Waals surface area contributed by atoms with Crippen molar-refractivity contribution in [1.82, 2.24) is 20.9 Å². The van der Waals surface area contributed by atoms with Crippen LogP contribution in [0.2, 0.25) is 0 Å². The molecular formula is C32H41FN5O+. The fraction of sp³-hybridized carbons (Fsp3) is 0.406. The van der Waals surface area contributed by atoms with Gasteiger partial charge in [0.05, 0.1) is 20.1 Å². The van der Waals surface area contributed by atoms with Crippen molar-refractivity contribution in [2.75, 3.05) is 52.9 Å². The van der Waals surface area contributed by atoms with Gasteiger partial charge in [-0.3, -0.25) is 9.69 Å². The summed E-state index contributed by atoms with van der Waals surface area (Å²) in [5, 5.41) is 9.93. The Balaban J connectivity index is 1.23. The van der Waals surface area contributed by atoms with Crippen LogP contribution in [-0.2, 0) is 19.6 Å². The lowest BCUT2D eigenvalue weighted by Gasteiger charge is -2.38. The third kappa shape index (κ3) is 7.31. The first-order chi connectivity index (χ1) is 18.9. The number of benzene rings is 3. The number of hydrogen-bond acceptors (Lipinski definition) is 4. The fourth-order valence-corrected chi connectivity index (χ4v) is 5.78. The van der Waals surface area contributed by atoms with Crippen molar-refractivity contribution in [3.63, 3.8) is 0 Å². The molecule has 5 rings (SSSR count). The van der Waals surface area contributed by atoms with Crippen LogP contribution in [0, 0.1) is 5.82 Å². The predicted molar refractivity (Wildman–Crippen MR) is 155 cm³/mol. The largest absolute Gasteiger partial charge is 0.348 e. The number of nitrogens with one attached hydrogen (secondary N) is 3. The van der Waals surface area contributed by atoms with Crippen molar-refractivity contribution in [2.24, 2.45) is 0 Å². The molecule has 2 heterocycles. The summed E-state index contributed by atoms with van der Waals surface area (Å²) in [5.41, 5.74) is 5.30. The number of amides is 1. The van der Waals surface area contributed by atoms with Crippen molar-refractivity contribution in [2.45, 2.75) is 32.6 Å². The van der Waals surface area contributed by atoms with Crippen LogP contribution < -0.4 is 16.0 Å². The SMILES string of the molecule is C[C@H]1CN(Cc2cccc(-c3cc(CNC(=O)c4cccc(C[N+]5(C)CCNCC5)c4)ccc3F)c2)CCN1. The summed E-state index contributed by atoms with van der Waals surface area (Å²) < 4.78 is 15.9. The Kier molecular flexibility index (Phi) is 8.72. The number of hydrogen-bond donors (Lipinski definition) is 3. The maximum absolute atomic E-state index is 14.9. The highest BCUT2D eigenvalue weighted by molar-refractivity contribution is 5.94. The van der Waals surface area contributed by atoms with Gasteiger partial charge < -0.3 is 20.4 Å². The van der Waals surface area contributed by atoms with Crippen LogP contribution in [-0.4, -0.2) is 74.2 Å². The molecule has 0 aliphatic carbocycles. The van der Waals surface area contributed by atoms with Crippen molar-refractivity contribution in [3.05, 3.63) is 94.8 Å². The molecule has 1 amide bonds. The zero-order valence-corrected chi connectivity index (χ0v) is 23.2. The Morgan fingerprint density at radius 2 is 1.79 bits per heavy atom. The maximum atomic E-state index is 14.9. The number of likely N-dealkylation sites (N-methyl/N-ethyl adjacent to an activating group) is 1. The molecule has 39 heavy (non-hydrogen) atoms. The molecule has 0 unspecified atom stereocenters. The molecule has 2 aliphatic rings. The van der Waals surface area contributed by atoms with Crippen LogP contribution in [0.1, 0.15) is 34.0 Å². The first kappa shape index (κ1) is 27.5. The van der Waals surface area contributed by atoms with Gasteiger partial charge in [-0.15, -0.1) is 0 Å². The van der Waals surface area contributed by atoms with Crippen molar-refractivity contribution in [3.8, 4) is 11.1 Å². The lowest BCUT2D eigenvalue weighted by Crippen LogP contribution is -2.55. The number of halogens is 1. The molecule has 0 saturated carbocycles. The standard InChI is InChI=1S/C32H40FN5O/c1-24-21-37(14-11-35-24)22-26-5-3-7-28(17-26)30-19-25(9-10-31(30)33)20-36-32(39)29-8-4-6-27(18-29)23-38(2)15-12-34-13-16-38/h3-10,17-19,24,34-35H,11-16,20-23H2,1-2H3/p+1/t24-/m0/s1. The minimum absolute atomic E-state index is 0.113. The first-order valence-corrected chi connectivity index (χ1v) is 14.1. The summed E-state index contributed by atoms with van der Waals surface area (Å²) in [5.74, 6) is -0.367. The summed E-state index contributed by atoms with van der Waals surface area (Å²) >= 11 is 0. The Morgan fingerprint density at radius 3 is 2.62 bits per heavy atom. The highest BCUT2D eigenvalue weighted by atomic mass is 19.1. The van der Waals surface area contributed by atoms with E-state index in [0.29, 0.717) is 23.7 Å². The number of quaternary nitrogens is 1. The molecule has 0 radical (unpaired) electrons. The fourth-order valence-electron chi connectivity index (χ4n) is 5.78. The lowest BCUT2D eigenvalue weighted by atomic mass is 10.00. The Labute approximate surface area is 231 Å². The average Bonchev–Trinajstić information content (AvgIpc) is 2.93. The molecule has 2 aliphatic heterocycles. The van der Waals surface area contributed by atoms with Crippen LogP contribution in [0.4, 0.5) is 4.39 Å². The van der Waals surface area contributed by atoms with E-state index in [9.17, 15) is 9.18 Å². The molecule has 1 atom stereocenters. The van der Waals surface area contributed by atoms with Gasteiger partial charge in [-0.2, -0.15) is 0 Å². The lowest BCUT2D eigenvalue weighted by molar-refractivity contribution is -0.924. The summed E-state index contributed by atoms with van der Waals surface area (Å²) in [6, 6.07) is 21.6. The summed E-state index contributed by atoms with van der Waals surface area (Å²) in [6.45, 7) is 11.5. The number of rotatable bonds is 8. The van der Waals surface area contributed by atoms with Crippen molar-refractivity contribution < 1.29 is 13.7 Å². The molecule has 3 N–H and O–H groups in total. The Morgan fingerprint density at radius 1 is 1.00 bits per heavy atom. The number of piperazine rings is 2. The van der Waals surface area contributed by atoms with Gasteiger partial charge in [0.25, 0.3) is 5.91 Å². The highest BCUT2D eigenvalue weighted by Crippen LogP contribution is 2.26. The molecule has 2 saturated heterocycles. The average molecular weight is 531 g/mol. The molecule has 3 aromatic carbocycles. The zero-order chi connectivity index (χ0) is 27.2. The van der Waals surface area contributed by atoms with Crippen LogP contribution in [0.3, 0.4) is 0 Å². The second kappa shape index (κ2) is 12.4. The first-order valence-electron chi connectivity index (χ1n) is 14.1. The number of carbonyl (C=O) groups is 1. The predicted octanol–water partition coefficient (Wildman–Crippen LogP) is 3.77. The van der Waals surface area contributed by atoms with E-state index in [2.05, 4.69) is 53.0 Å². The highest BCUT2D eigenvalue weighted by Gasteiger charge is 2.25. The van der Waals surface area contributed by atoms with E-state index in [1.54, 1.807) is 6.07 Å². The second-order valence-electron chi connectivity index (χ2n) is 11.5. The topological polar surface area (TPSA) is 56.4 Å². The van der Waals surface area contributed by atoms with E-state index >= 15 is 0 Å². The number of nitrogens with zero attached hydrogens (tertiary/aromatic N) is 2. The van der Waals surface area contributed by atoms with Crippen molar-refractivity contribution in [1.29, 1.82) is 0 Å². The van der Waals surface area contributed by atoms with Gasteiger partial charge in [0, 0.05) is 68.5 Å². The Hall–Kier alpha value is -3.10. The van der Waals surface area contributed by atoms with Crippen LogP contribution in [0.5, 0.6) is 0 Å². The number of carbonyl (C=O) groups excluding carboxylic acids is 1. The normalized spacial score (nSPS) is 19.5. The maximum Gasteiger partial charge on any atom is 0.251 e. The van der Waals surface area contributed by atoms with E-state index in [0.717, 1.165) is 74.5 Å². The summed E-state index contributed by atoms with van der Waals surface area (Å²) in [4.78, 5) is 15.4. The van der Waals surface area contributed by atoms with Gasteiger partial charge in [-0.1, -0.05) is 36.4 Å². The van der Waals surface area contributed by atoms with Gasteiger partial charge in [0.2, 0.25) is 0 Å². The third-order valence-electron chi connectivity index (χ3n) is 7.99. The van der Waals surface area contributed by atoms with Crippen LogP contribution >= 0.6 is 0 Å². The molecule has 0 spiro atoms. The molecule has 2 fully saturated rings. The van der Waals surface area contributed by atoms with E-state index < -0.39 is 0 Å². The van der Waals surface area contributed by atoms with Gasteiger partial charge in [-0.25, -0.2) is 4.39 Å². The molecule has 7 heteroatoms. The third-order valence-corrected chi connectivity index (χ3v) is 7.99. The van der Waals surface area contributed by atoms with Gasteiger partial charge in [0.1, 0.15) is 12.4 Å².